The summed E-state index contributed by atoms with van der Waals surface area (Å²) >= 11 is 0. The second-order valence-electron chi connectivity index (χ2n) is 6.10. The molecule has 0 aliphatic heterocycles. The lowest BCUT2D eigenvalue weighted by molar-refractivity contribution is 0.0697. The van der Waals surface area contributed by atoms with Gasteiger partial charge in [0, 0.05) is 18.9 Å². The molecule has 0 unspecified atom stereocenters. The van der Waals surface area contributed by atoms with Gasteiger partial charge in [0.1, 0.15) is 5.56 Å². The fourth-order valence-electron chi connectivity index (χ4n) is 2.77. The highest BCUT2D eigenvalue weighted by Gasteiger charge is 2.64. The van der Waals surface area contributed by atoms with E-state index >= 15 is 0 Å². The Morgan fingerprint density at radius 2 is 2.00 bits per heavy atom. The summed E-state index contributed by atoms with van der Waals surface area (Å²) in [5.41, 5.74) is 1.48. The number of carbonyl (C=O) groups is 1. The van der Waals surface area contributed by atoms with E-state index in [9.17, 15) is 4.79 Å². The standard InChI is InChI=1S/C14H20N2O2/c1-13(2)11(14(13,3)4)8-16-10-5-6-15-7-9(10)12(17)18/h5-7,11H,8H2,1-4H3,(H,15,16)(H,17,18). The molecule has 0 atom stereocenters. The SMILES string of the molecule is CC1(C)C(CNc2ccncc2C(=O)O)C1(C)C. The van der Waals surface area contributed by atoms with Crippen molar-refractivity contribution in [1.29, 1.82) is 0 Å². The van der Waals surface area contributed by atoms with Gasteiger partial charge < -0.3 is 10.4 Å². The van der Waals surface area contributed by atoms with Gasteiger partial charge >= 0.3 is 5.97 Å². The minimum absolute atomic E-state index is 0.230. The maximum atomic E-state index is 11.1. The summed E-state index contributed by atoms with van der Waals surface area (Å²) in [7, 11) is 0. The summed E-state index contributed by atoms with van der Waals surface area (Å²) in [6.07, 6.45) is 2.99. The van der Waals surface area contributed by atoms with E-state index in [4.69, 9.17) is 5.11 Å². The average Bonchev–Trinajstić information content (AvgIpc) is 2.67. The van der Waals surface area contributed by atoms with E-state index in [1.807, 2.05) is 0 Å². The Balaban J connectivity index is 2.07. The lowest BCUT2D eigenvalue weighted by atomic mass is 10.0. The quantitative estimate of drug-likeness (QED) is 0.860. The van der Waals surface area contributed by atoms with Crippen LogP contribution in [0, 0.1) is 16.7 Å². The molecule has 1 fully saturated rings. The summed E-state index contributed by atoms with van der Waals surface area (Å²) in [5, 5.41) is 12.3. The zero-order chi connectivity index (χ0) is 13.6. The van der Waals surface area contributed by atoms with Crippen LogP contribution in [-0.2, 0) is 0 Å². The number of anilines is 1. The Bertz CT molecular complexity index is 466. The molecule has 0 radical (unpaired) electrons. The fraction of sp³-hybridized carbons (Fsp3) is 0.571. The first kappa shape index (κ1) is 12.9. The van der Waals surface area contributed by atoms with Gasteiger partial charge in [0.05, 0.1) is 5.69 Å². The Morgan fingerprint density at radius 1 is 1.39 bits per heavy atom. The van der Waals surface area contributed by atoms with Crippen LogP contribution in [0.4, 0.5) is 5.69 Å². The molecule has 1 saturated carbocycles. The molecule has 0 saturated heterocycles. The van der Waals surface area contributed by atoms with Gasteiger partial charge in [0.15, 0.2) is 0 Å². The van der Waals surface area contributed by atoms with Crippen LogP contribution in [0.15, 0.2) is 18.5 Å². The first-order valence-electron chi connectivity index (χ1n) is 6.19. The zero-order valence-electron chi connectivity index (χ0n) is 11.3. The first-order chi connectivity index (χ1) is 8.28. The molecule has 0 spiro atoms. The number of nitrogens with zero attached hydrogens (tertiary/aromatic N) is 1. The van der Waals surface area contributed by atoms with Crippen molar-refractivity contribution in [2.24, 2.45) is 16.7 Å². The third-order valence-corrected chi connectivity index (χ3v) is 4.87. The minimum atomic E-state index is -0.945. The van der Waals surface area contributed by atoms with Crippen LogP contribution < -0.4 is 5.32 Å². The van der Waals surface area contributed by atoms with Gasteiger partial charge in [-0.15, -0.1) is 0 Å². The molecule has 0 bridgehead atoms. The van der Waals surface area contributed by atoms with Crippen LogP contribution in [-0.4, -0.2) is 22.6 Å². The molecule has 4 nitrogen and oxygen atoms in total. The van der Waals surface area contributed by atoms with Crippen molar-refractivity contribution in [3.8, 4) is 0 Å². The topological polar surface area (TPSA) is 62.2 Å². The number of rotatable bonds is 4. The minimum Gasteiger partial charge on any atom is -0.478 e. The Morgan fingerprint density at radius 3 is 2.50 bits per heavy atom. The first-order valence-corrected chi connectivity index (χ1v) is 6.19. The number of hydrogen-bond donors (Lipinski definition) is 2. The number of pyridine rings is 1. The highest BCUT2D eigenvalue weighted by Crippen LogP contribution is 2.68. The third-order valence-electron chi connectivity index (χ3n) is 4.87. The molecular formula is C14H20N2O2. The fourth-order valence-corrected chi connectivity index (χ4v) is 2.77. The van der Waals surface area contributed by atoms with Gasteiger partial charge in [-0.05, 0) is 22.8 Å². The molecule has 2 N–H and O–H groups in total. The van der Waals surface area contributed by atoms with E-state index in [2.05, 4.69) is 38.0 Å². The predicted octanol–water partition coefficient (Wildman–Crippen LogP) is 2.87. The molecule has 18 heavy (non-hydrogen) atoms. The van der Waals surface area contributed by atoms with E-state index in [1.54, 1.807) is 12.3 Å². The van der Waals surface area contributed by atoms with E-state index in [1.165, 1.54) is 6.20 Å². The van der Waals surface area contributed by atoms with Crippen molar-refractivity contribution in [3.63, 3.8) is 0 Å². The van der Waals surface area contributed by atoms with Crippen LogP contribution in [0.5, 0.6) is 0 Å². The lowest BCUT2D eigenvalue weighted by Gasteiger charge is -2.09. The molecule has 1 aliphatic carbocycles. The van der Waals surface area contributed by atoms with E-state index in [-0.39, 0.29) is 5.56 Å². The van der Waals surface area contributed by atoms with Crippen molar-refractivity contribution in [1.82, 2.24) is 4.98 Å². The smallest absolute Gasteiger partial charge is 0.339 e. The highest BCUT2D eigenvalue weighted by molar-refractivity contribution is 5.93. The van der Waals surface area contributed by atoms with Gasteiger partial charge in [0.25, 0.3) is 0 Å². The van der Waals surface area contributed by atoms with Crippen molar-refractivity contribution in [2.75, 3.05) is 11.9 Å². The van der Waals surface area contributed by atoms with E-state index < -0.39 is 5.97 Å². The van der Waals surface area contributed by atoms with Gasteiger partial charge in [-0.3, -0.25) is 4.98 Å². The molecule has 1 heterocycles. The molecule has 0 aromatic carbocycles. The molecule has 1 aliphatic rings. The van der Waals surface area contributed by atoms with Gasteiger partial charge in [-0.2, -0.15) is 0 Å². The maximum Gasteiger partial charge on any atom is 0.339 e. The van der Waals surface area contributed by atoms with Crippen molar-refractivity contribution < 1.29 is 9.90 Å². The number of hydrogen-bond acceptors (Lipinski definition) is 3. The molecule has 0 amide bonds. The van der Waals surface area contributed by atoms with Crippen LogP contribution >= 0.6 is 0 Å². The number of nitrogens with one attached hydrogen (secondary N) is 1. The van der Waals surface area contributed by atoms with Crippen LogP contribution in [0.3, 0.4) is 0 Å². The number of carboxylic acids is 1. The second-order valence-corrected chi connectivity index (χ2v) is 6.10. The molecule has 98 valence electrons. The highest BCUT2D eigenvalue weighted by atomic mass is 16.4. The largest absolute Gasteiger partial charge is 0.478 e. The monoisotopic (exact) mass is 248 g/mol. The van der Waals surface area contributed by atoms with Crippen LogP contribution in [0.1, 0.15) is 38.1 Å². The Hall–Kier alpha value is -1.58. The summed E-state index contributed by atoms with van der Waals surface area (Å²) in [4.78, 5) is 14.9. The molecular weight excluding hydrogens is 228 g/mol. The van der Waals surface area contributed by atoms with Crippen molar-refractivity contribution in [3.05, 3.63) is 24.0 Å². The van der Waals surface area contributed by atoms with Crippen LogP contribution in [0.2, 0.25) is 0 Å². The average molecular weight is 248 g/mol. The molecule has 1 aromatic rings. The predicted molar refractivity (Wildman–Crippen MR) is 70.7 cm³/mol. The summed E-state index contributed by atoms with van der Waals surface area (Å²) in [6.45, 7) is 9.81. The van der Waals surface area contributed by atoms with E-state index in [0.717, 1.165) is 6.54 Å². The lowest BCUT2D eigenvalue weighted by Crippen LogP contribution is -2.11. The van der Waals surface area contributed by atoms with Crippen molar-refractivity contribution >= 4 is 11.7 Å². The van der Waals surface area contributed by atoms with Gasteiger partial charge in [0.2, 0.25) is 0 Å². The third kappa shape index (κ3) is 1.85. The summed E-state index contributed by atoms with van der Waals surface area (Å²) < 4.78 is 0. The van der Waals surface area contributed by atoms with Gasteiger partial charge in [-0.25, -0.2) is 4.79 Å². The molecule has 1 aromatic heterocycles. The Labute approximate surface area is 107 Å². The number of aromatic carboxylic acids is 1. The second kappa shape index (κ2) is 3.97. The zero-order valence-corrected chi connectivity index (χ0v) is 11.3. The van der Waals surface area contributed by atoms with Gasteiger partial charge in [-0.1, -0.05) is 27.7 Å². The maximum absolute atomic E-state index is 11.1. The summed E-state index contributed by atoms with van der Waals surface area (Å²) in [5.74, 6) is -0.389. The number of aromatic nitrogens is 1. The van der Waals surface area contributed by atoms with Crippen molar-refractivity contribution in [2.45, 2.75) is 27.7 Å². The summed E-state index contributed by atoms with van der Waals surface area (Å²) in [6, 6.07) is 1.71. The van der Waals surface area contributed by atoms with Crippen LogP contribution in [0.25, 0.3) is 0 Å². The normalized spacial score (nSPS) is 20.4. The molecule has 4 heteroatoms. The molecule has 2 rings (SSSR count). The Kier molecular flexibility index (Phi) is 2.84. The van der Waals surface area contributed by atoms with E-state index in [0.29, 0.717) is 22.4 Å². The number of carboxylic acid groups (broad SMARTS) is 1.